The number of unbranched alkanes of at least 4 members (excludes halogenated alkanes) is 3. The summed E-state index contributed by atoms with van der Waals surface area (Å²) >= 11 is 0. The maximum absolute atomic E-state index is 12.9. The molecular weight excluding hydrogens is 408 g/mol. The number of hydrogen-bond acceptors (Lipinski definition) is 5. The van der Waals surface area contributed by atoms with Crippen LogP contribution in [0.3, 0.4) is 0 Å². The Hall–Kier alpha value is -3.48. The molecule has 2 aromatic rings. The first kappa shape index (κ1) is 23.2. The van der Waals surface area contributed by atoms with E-state index in [1.165, 1.54) is 6.07 Å². The van der Waals surface area contributed by atoms with E-state index in [0.717, 1.165) is 36.8 Å². The predicted molar refractivity (Wildman–Crippen MR) is 120 cm³/mol. The quantitative estimate of drug-likeness (QED) is 0.353. The van der Waals surface area contributed by atoms with Gasteiger partial charge in [-0.15, -0.1) is 0 Å². The molecule has 0 bridgehead atoms. The van der Waals surface area contributed by atoms with Crippen molar-refractivity contribution in [1.29, 1.82) is 0 Å². The summed E-state index contributed by atoms with van der Waals surface area (Å²) in [4.78, 5) is 49.3. The molecule has 3 N–H and O–H groups in total. The molecule has 0 radical (unpaired) electrons. The zero-order chi connectivity index (χ0) is 23.1. The second kappa shape index (κ2) is 10.7. The molecule has 0 aromatic heterocycles. The van der Waals surface area contributed by atoms with Crippen molar-refractivity contribution in [2.75, 3.05) is 6.61 Å². The van der Waals surface area contributed by atoms with Gasteiger partial charge < -0.3 is 15.8 Å². The molecule has 7 nitrogen and oxygen atoms in total. The van der Waals surface area contributed by atoms with Gasteiger partial charge in [0.15, 0.2) is 5.78 Å². The standard InChI is InChI=1S/C25H28N2O5/c1-2-3-4-7-14-32-25(31)21(12-13-22(26)28)27-24(30)16-10-11-18-17-8-5-6-9-19(17)23(29)20(18)15-16/h5-6,8-11,15,21H,2-4,7,12-14H2,1H3,(H2,26,28)(H,27,30)/t21-/m0/s1. The molecule has 1 aliphatic carbocycles. The van der Waals surface area contributed by atoms with Gasteiger partial charge in [0.25, 0.3) is 5.91 Å². The van der Waals surface area contributed by atoms with Crippen LogP contribution < -0.4 is 11.1 Å². The highest BCUT2D eigenvalue weighted by molar-refractivity contribution is 6.22. The van der Waals surface area contributed by atoms with Gasteiger partial charge in [0.2, 0.25) is 5.91 Å². The highest BCUT2D eigenvalue weighted by Gasteiger charge is 2.28. The van der Waals surface area contributed by atoms with Crippen molar-refractivity contribution in [3.05, 3.63) is 59.2 Å². The number of rotatable bonds is 11. The van der Waals surface area contributed by atoms with Gasteiger partial charge in [-0.25, -0.2) is 4.79 Å². The van der Waals surface area contributed by atoms with Crippen molar-refractivity contribution >= 4 is 23.6 Å². The zero-order valence-electron chi connectivity index (χ0n) is 18.2. The molecule has 168 valence electrons. The van der Waals surface area contributed by atoms with Crippen LogP contribution in [0.25, 0.3) is 11.1 Å². The number of nitrogens with one attached hydrogen (secondary N) is 1. The van der Waals surface area contributed by atoms with Crippen molar-refractivity contribution in [3.8, 4) is 11.1 Å². The van der Waals surface area contributed by atoms with Crippen molar-refractivity contribution in [2.24, 2.45) is 5.73 Å². The number of nitrogens with two attached hydrogens (primary N) is 1. The highest BCUT2D eigenvalue weighted by atomic mass is 16.5. The lowest BCUT2D eigenvalue weighted by Gasteiger charge is -2.17. The van der Waals surface area contributed by atoms with Crippen LogP contribution in [0.5, 0.6) is 0 Å². The van der Waals surface area contributed by atoms with Gasteiger partial charge in [-0.05, 0) is 36.1 Å². The number of fused-ring (bicyclic) bond motifs is 3. The average Bonchev–Trinajstić information content (AvgIpc) is 3.08. The molecule has 0 heterocycles. The molecule has 7 heteroatoms. The van der Waals surface area contributed by atoms with E-state index < -0.39 is 23.8 Å². The highest BCUT2D eigenvalue weighted by Crippen LogP contribution is 2.36. The molecule has 0 unspecified atom stereocenters. The molecule has 0 saturated heterocycles. The first-order valence-electron chi connectivity index (χ1n) is 11.0. The number of benzene rings is 2. The number of carbonyl (C=O) groups excluding carboxylic acids is 4. The summed E-state index contributed by atoms with van der Waals surface area (Å²) in [7, 11) is 0. The Morgan fingerprint density at radius 3 is 2.41 bits per heavy atom. The van der Waals surface area contributed by atoms with Gasteiger partial charge in [0.05, 0.1) is 6.61 Å². The van der Waals surface area contributed by atoms with Crippen molar-refractivity contribution in [2.45, 2.75) is 51.5 Å². The lowest BCUT2D eigenvalue weighted by atomic mass is 10.0. The summed E-state index contributed by atoms with van der Waals surface area (Å²) in [6, 6.07) is 11.2. The third-order valence-corrected chi connectivity index (χ3v) is 5.50. The number of hydrogen-bond donors (Lipinski definition) is 2. The number of ether oxygens (including phenoxy) is 1. The Morgan fingerprint density at radius 1 is 0.969 bits per heavy atom. The molecule has 0 spiro atoms. The number of amides is 2. The molecule has 1 aliphatic rings. The Labute approximate surface area is 187 Å². The van der Waals surface area contributed by atoms with Gasteiger partial charge >= 0.3 is 5.97 Å². The van der Waals surface area contributed by atoms with E-state index in [1.807, 2.05) is 12.1 Å². The Balaban J connectivity index is 1.70. The third kappa shape index (κ3) is 5.41. The summed E-state index contributed by atoms with van der Waals surface area (Å²) in [5.74, 6) is -1.82. The van der Waals surface area contributed by atoms with E-state index in [4.69, 9.17) is 10.5 Å². The molecule has 0 saturated carbocycles. The summed E-state index contributed by atoms with van der Waals surface area (Å²) in [6.07, 6.45) is 3.80. The summed E-state index contributed by atoms with van der Waals surface area (Å²) < 4.78 is 5.29. The van der Waals surface area contributed by atoms with Crippen LogP contribution in [0.2, 0.25) is 0 Å². The minimum atomic E-state index is -0.998. The topological polar surface area (TPSA) is 116 Å². The average molecular weight is 437 g/mol. The fourth-order valence-corrected chi connectivity index (χ4v) is 3.75. The van der Waals surface area contributed by atoms with E-state index in [9.17, 15) is 19.2 Å². The molecular formula is C25H28N2O5. The van der Waals surface area contributed by atoms with Crippen LogP contribution in [0.1, 0.15) is 71.7 Å². The predicted octanol–water partition coefficient (Wildman–Crippen LogP) is 3.39. The SMILES string of the molecule is CCCCCCOC(=O)[C@H](CCC(N)=O)NC(=O)c1ccc2c(c1)C(=O)c1ccccc1-2. The first-order chi connectivity index (χ1) is 15.4. The third-order valence-electron chi connectivity index (χ3n) is 5.50. The Bertz CT molecular complexity index is 1030. The Kier molecular flexibility index (Phi) is 7.76. The minimum absolute atomic E-state index is 0.0458. The largest absolute Gasteiger partial charge is 0.464 e. The summed E-state index contributed by atoms with van der Waals surface area (Å²) in [5.41, 5.74) is 8.14. The second-order valence-corrected chi connectivity index (χ2v) is 7.89. The molecule has 2 aromatic carbocycles. The van der Waals surface area contributed by atoms with E-state index >= 15 is 0 Å². The van der Waals surface area contributed by atoms with Gasteiger partial charge in [0.1, 0.15) is 6.04 Å². The van der Waals surface area contributed by atoms with Crippen LogP contribution in [-0.2, 0) is 14.3 Å². The van der Waals surface area contributed by atoms with Crippen molar-refractivity contribution < 1.29 is 23.9 Å². The lowest BCUT2D eigenvalue weighted by molar-refractivity contribution is -0.146. The maximum atomic E-state index is 12.9. The van der Waals surface area contributed by atoms with Crippen LogP contribution in [-0.4, -0.2) is 36.2 Å². The van der Waals surface area contributed by atoms with Gasteiger partial charge in [-0.2, -0.15) is 0 Å². The van der Waals surface area contributed by atoms with Crippen LogP contribution >= 0.6 is 0 Å². The van der Waals surface area contributed by atoms with Crippen LogP contribution in [0.15, 0.2) is 42.5 Å². The monoisotopic (exact) mass is 436 g/mol. The summed E-state index contributed by atoms with van der Waals surface area (Å²) in [5, 5.41) is 2.64. The number of carbonyl (C=O) groups is 4. The summed E-state index contributed by atoms with van der Waals surface area (Å²) in [6.45, 7) is 2.35. The van der Waals surface area contributed by atoms with E-state index in [-0.39, 0.29) is 30.8 Å². The van der Waals surface area contributed by atoms with Crippen LogP contribution in [0.4, 0.5) is 0 Å². The number of ketones is 1. The van der Waals surface area contributed by atoms with Gasteiger partial charge in [0, 0.05) is 23.1 Å². The second-order valence-electron chi connectivity index (χ2n) is 7.89. The zero-order valence-corrected chi connectivity index (χ0v) is 18.2. The van der Waals surface area contributed by atoms with E-state index in [0.29, 0.717) is 11.1 Å². The van der Waals surface area contributed by atoms with Crippen molar-refractivity contribution in [1.82, 2.24) is 5.32 Å². The first-order valence-corrected chi connectivity index (χ1v) is 11.0. The van der Waals surface area contributed by atoms with Crippen LogP contribution in [0, 0.1) is 0 Å². The molecule has 0 fully saturated rings. The van der Waals surface area contributed by atoms with Gasteiger partial charge in [-0.1, -0.05) is 56.5 Å². The molecule has 3 rings (SSSR count). The lowest BCUT2D eigenvalue weighted by Crippen LogP contribution is -2.42. The smallest absolute Gasteiger partial charge is 0.328 e. The van der Waals surface area contributed by atoms with Gasteiger partial charge in [-0.3, -0.25) is 14.4 Å². The molecule has 2 amide bonds. The Morgan fingerprint density at radius 2 is 1.69 bits per heavy atom. The maximum Gasteiger partial charge on any atom is 0.328 e. The fraction of sp³-hybridized carbons (Fsp3) is 0.360. The fourth-order valence-electron chi connectivity index (χ4n) is 3.75. The van der Waals surface area contributed by atoms with E-state index in [1.54, 1.807) is 24.3 Å². The molecule has 1 atom stereocenters. The minimum Gasteiger partial charge on any atom is -0.464 e. The number of primary amides is 1. The molecule has 32 heavy (non-hydrogen) atoms. The van der Waals surface area contributed by atoms with Crippen molar-refractivity contribution in [3.63, 3.8) is 0 Å². The normalized spacial score (nSPS) is 12.6. The number of esters is 1. The molecule has 0 aliphatic heterocycles. The van der Waals surface area contributed by atoms with E-state index in [2.05, 4.69) is 12.2 Å².